The number of rotatable bonds is 4. The van der Waals surface area contributed by atoms with E-state index < -0.39 is 5.97 Å². The Kier molecular flexibility index (Phi) is 4.85. The van der Waals surface area contributed by atoms with E-state index in [4.69, 9.17) is 4.74 Å². The van der Waals surface area contributed by atoms with Crippen LogP contribution in [0.1, 0.15) is 11.1 Å². The van der Waals surface area contributed by atoms with Crippen molar-refractivity contribution in [3.05, 3.63) is 35.4 Å². The summed E-state index contributed by atoms with van der Waals surface area (Å²) in [7, 11) is 0. The van der Waals surface area contributed by atoms with E-state index >= 15 is 0 Å². The number of thioether (sulfide) groups is 1. The molecule has 6 nitrogen and oxygen atoms in total. The standard InChI is InChI=1S/C16H18N2O4S/c19-14(11-22-15(20)10-18-7-8-23-16(18)21)17-6-5-12-3-1-2-4-13(12)9-17/h1-4H,5-11H2. The highest BCUT2D eigenvalue weighted by Crippen LogP contribution is 2.19. The predicted molar refractivity (Wildman–Crippen MR) is 85.9 cm³/mol. The van der Waals surface area contributed by atoms with Gasteiger partial charge in [-0.25, -0.2) is 0 Å². The second-order valence-electron chi connectivity index (χ2n) is 5.53. The van der Waals surface area contributed by atoms with Crippen LogP contribution in [0.2, 0.25) is 0 Å². The van der Waals surface area contributed by atoms with Gasteiger partial charge in [0, 0.05) is 25.4 Å². The van der Waals surface area contributed by atoms with Gasteiger partial charge in [0.15, 0.2) is 6.61 Å². The lowest BCUT2D eigenvalue weighted by atomic mass is 10.00. The first kappa shape index (κ1) is 15.9. The molecular formula is C16H18N2O4S. The van der Waals surface area contributed by atoms with Crippen LogP contribution in [0.3, 0.4) is 0 Å². The zero-order chi connectivity index (χ0) is 16.2. The van der Waals surface area contributed by atoms with Gasteiger partial charge < -0.3 is 14.5 Å². The molecule has 0 aromatic heterocycles. The highest BCUT2D eigenvalue weighted by molar-refractivity contribution is 8.13. The Morgan fingerprint density at radius 1 is 1.17 bits per heavy atom. The van der Waals surface area contributed by atoms with Crippen LogP contribution in [0.4, 0.5) is 4.79 Å². The van der Waals surface area contributed by atoms with Gasteiger partial charge in [0.2, 0.25) is 0 Å². The first-order valence-corrected chi connectivity index (χ1v) is 8.54. The third-order valence-corrected chi connectivity index (χ3v) is 4.90. The van der Waals surface area contributed by atoms with Crippen molar-refractivity contribution in [2.45, 2.75) is 13.0 Å². The summed E-state index contributed by atoms with van der Waals surface area (Å²) in [5.41, 5.74) is 2.40. The van der Waals surface area contributed by atoms with Gasteiger partial charge in [-0.3, -0.25) is 14.4 Å². The molecule has 23 heavy (non-hydrogen) atoms. The van der Waals surface area contributed by atoms with Gasteiger partial charge in [-0.1, -0.05) is 36.0 Å². The van der Waals surface area contributed by atoms with E-state index in [0.29, 0.717) is 25.4 Å². The Morgan fingerprint density at radius 3 is 2.70 bits per heavy atom. The van der Waals surface area contributed by atoms with Gasteiger partial charge in [-0.05, 0) is 17.5 Å². The number of nitrogens with zero attached hydrogens (tertiary/aromatic N) is 2. The quantitative estimate of drug-likeness (QED) is 0.776. The zero-order valence-corrected chi connectivity index (χ0v) is 13.5. The number of carbonyl (C=O) groups excluding carboxylic acids is 3. The zero-order valence-electron chi connectivity index (χ0n) is 12.7. The predicted octanol–water partition coefficient (Wildman–Crippen LogP) is 1.28. The van der Waals surface area contributed by atoms with E-state index in [1.54, 1.807) is 4.90 Å². The smallest absolute Gasteiger partial charge is 0.326 e. The molecule has 1 fully saturated rings. The van der Waals surface area contributed by atoms with Crippen LogP contribution in [-0.2, 0) is 27.3 Å². The maximum atomic E-state index is 12.2. The van der Waals surface area contributed by atoms with Crippen LogP contribution in [0.15, 0.2) is 24.3 Å². The number of ether oxygens (including phenoxy) is 1. The molecule has 0 saturated carbocycles. The summed E-state index contributed by atoms with van der Waals surface area (Å²) >= 11 is 1.19. The average molecular weight is 334 g/mol. The molecule has 0 radical (unpaired) electrons. The molecule has 0 atom stereocenters. The van der Waals surface area contributed by atoms with Crippen molar-refractivity contribution in [2.24, 2.45) is 0 Å². The van der Waals surface area contributed by atoms with Gasteiger partial charge >= 0.3 is 5.97 Å². The number of benzene rings is 1. The molecule has 2 aliphatic rings. The van der Waals surface area contributed by atoms with Crippen molar-refractivity contribution >= 4 is 28.9 Å². The molecule has 1 aromatic rings. The average Bonchev–Trinajstić information content (AvgIpc) is 2.97. The first-order chi connectivity index (χ1) is 11.1. The summed E-state index contributed by atoms with van der Waals surface area (Å²) in [4.78, 5) is 38.5. The molecule has 0 N–H and O–H groups in total. The van der Waals surface area contributed by atoms with Crippen molar-refractivity contribution in [1.82, 2.24) is 9.80 Å². The van der Waals surface area contributed by atoms with Gasteiger partial charge in [0.25, 0.3) is 11.1 Å². The lowest BCUT2D eigenvalue weighted by Crippen LogP contribution is -2.39. The van der Waals surface area contributed by atoms with Crippen molar-refractivity contribution in [3.63, 3.8) is 0 Å². The Morgan fingerprint density at radius 2 is 1.96 bits per heavy atom. The van der Waals surface area contributed by atoms with Crippen LogP contribution >= 0.6 is 11.8 Å². The summed E-state index contributed by atoms with van der Waals surface area (Å²) in [6, 6.07) is 8.04. The van der Waals surface area contributed by atoms with Crippen molar-refractivity contribution < 1.29 is 19.1 Å². The Hall–Kier alpha value is -2.02. The molecule has 1 aromatic carbocycles. The van der Waals surface area contributed by atoms with Gasteiger partial charge in [-0.2, -0.15) is 0 Å². The molecular weight excluding hydrogens is 316 g/mol. The summed E-state index contributed by atoms with van der Waals surface area (Å²) in [5, 5.41) is -0.110. The Labute approximate surface area is 138 Å². The lowest BCUT2D eigenvalue weighted by molar-refractivity contribution is -0.152. The Bertz CT molecular complexity index is 634. The monoisotopic (exact) mass is 334 g/mol. The minimum absolute atomic E-state index is 0.0814. The molecule has 3 rings (SSSR count). The Balaban J connectivity index is 1.46. The minimum atomic E-state index is -0.536. The fourth-order valence-electron chi connectivity index (χ4n) is 2.71. The highest BCUT2D eigenvalue weighted by Gasteiger charge is 2.25. The highest BCUT2D eigenvalue weighted by atomic mass is 32.2. The fraction of sp³-hybridized carbons (Fsp3) is 0.438. The number of hydrogen-bond donors (Lipinski definition) is 0. The van der Waals surface area contributed by atoms with Crippen molar-refractivity contribution in [3.8, 4) is 0 Å². The minimum Gasteiger partial charge on any atom is -0.454 e. The summed E-state index contributed by atoms with van der Waals surface area (Å²) in [6.07, 6.45) is 0.815. The SMILES string of the molecule is O=C(CN1CCSC1=O)OCC(=O)N1CCc2ccccc2C1. The van der Waals surface area contributed by atoms with Crippen LogP contribution in [-0.4, -0.2) is 58.9 Å². The third-order valence-electron chi connectivity index (χ3n) is 4.00. The first-order valence-electron chi connectivity index (χ1n) is 7.55. The van der Waals surface area contributed by atoms with Gasteiger partial charge in [-0.15, -0.1) is 0 Å². The number of carbonyl (C=O) groups is 3. The molecule has 122 valence electrons. The molecule has 1 saturated heterocycles. The molecule has 2 amide bonds. The van der Waals surface area contributed by atoms with Crippen LogP contribution < -0.4 is 0 Å². The topological polar surface area (TPSA) is 66.9 Å². The van der Waals surface area contributed by atoms with E-state index in [-0.39, 0.29) is 24.3 Å². The van der Waals surface area contributed by atoms with Crippen LogP contribution in [0, 0.1) is 0 Å². The van der Waals surface area contributed by atoms with Crippen molar-refractivity contribution in [1.29, 1.82) is 0 Å². The maximum Gasteiger partial charge on any atom is 0.326 e. The summed E-state index contributed by atoms with van der Waals surface area (Å²) < 4.78 is 5.02. The van der Waals surface area contributed by atoms with E-state index in [1.165, 1.54) is 22.2 Å². The largest absolute Gasteiger partial charge is 0.454 e. The summed E-state index contributed by atoms with van der Waals surface area (Å²) in [5.74, 6) is -0.0420. The number of esters is 1. The van der Waals surface area contributed by atoms with Crippen LogP contribution in [0.25, 0.3) is 0 Å². The second kappa shape index (κ2) is 7.04. The molecule has 0 spiro atoms. The molecule has 7 heteroatoms. The summed E-state index contributed by atoms with van der Waals surface area (Å²) in [6.45, 7) is 1.38. The maximum absolute atomic E-state index is 12.2. The van der Waals surface area contributed by atoms with E-state index in [9.17, 15) is 14.4 Å². The molecule has 2 aliphatic heterocycles. The molecule has 0 bridgehead atoms. The van der Waals surface area contributed by atoms with E-state index in [2.05, 4.69) is 6.07 Å². The van der Waals surface area contributed by atoms with Gasteiger partial charge in [0.05, 0.1) is 0 Å². The molecule has 0 aliphatic carbocycles. The normalized spacial score (nSPS) is 17.1. The van der Waals surface area contributed by atoms with Crippen LogP contribution in [0.5, 0.6) is 0 Å². The van der Waals surface area contributed by atoms with E-state index in [0.717, 1.165) is 12.0 Å². The molecule has 0 unspecified atom stereocenters. The second-order valence-corrected chi connectivity index (χ2v) is 6.58. The number of fused-ring (bicyclic) bond motifs is 1. The van der Waals surface area contributed by atoms with Gasteiger partial charge in [0.1, 0.15) is 6.54 Å². The van der Waals surface area contributed by atoms with E-state index in [1.807, 2.05) is 18.2 Å². The number of amides is 2. The fourth-order valence-corrected chi connectivity index (χ4v) is 3.54. The molecule has 2 heterocycles. The number of hydrogen-bond acceptors (Lipinski definition) is 5. The lowest BCUT2D eigenvalue weighted by Gasteiger charge is -2.28. The third kappa shape index (κ3) is 3.85. The van der Waals surface area contributed by atoms with Crippen molar-refractivity contribution in [2.75, 3.05) is 32.0 Å².